The molecule has 1 aliphatic rings. The van der Waals surface area contributed by atoms with Crippen LogP contribution in [0.3, 0.4) is 0 Å². The number of methoxy groups -OCH3 is 1. The molecule has 1 saturated heterocycles. The molecule has 9 nitrogen and oxygen atoms in total. The van der Waals surface area contributed by atoms with Gasteiger partial charge in [0.1, 0.15) is 23.1 Å². The fourth-order valence-corrected chi connectivity index (χ4v) is 5.11. The van der Waals surface area contributed by atoms with Crippen LogP contribution < -0.4 is 14.2 Å². The minimum absolute atomic E-state index is 0.0107. The molecule has 1 fully saturated rings. The Hall–Kier alpha value is -4.23. The van der Waals surface area contributed by atoms with Crippen molar-refractivity contribution in [1.29, 1.82) is 0 Å². The summed E-state index contributed by atoms with van der Waals surface area (Å²) in [5.74, 6) is -3.50. The van der Waals surface area contributed by atoms with E-state index in [2.05, 4.69) is 5.32 Å². The molecular formula is C25H18F2N2O7S2. The number of amides is 3. The predicted octanol–water partition coefficient (Wildman–Crippen LogP) is 4.42. The monoisotopic (exact) mass is 560 g/mol. The lowest BCUT2D eigenvalue weighted by atomic mass is 10.2. The van der Waals surface area contributed by atoms with Gasteiger partial charge in [-0.2, -0.15) is 8.42 Å². The van der Waals surface area contributed by atoms with Gasteiger partial charge >= 0.3 is 10.1 Å². The fraction of sp³-hybridized carbons (Fsp3) is 0.0800. The summed E-state index contributed by atoms with van der Waals surface area (Å²) in [6, 6.07) is 14.3. The van der Waals surface area contributed by atoms with Gasteiger partial charge in [-0.25, -0.2) is 8.78 Å². The second kappa shape index (κ2) is 11.0. The van der Waals surface area contributed by atoms with Gasteiger partial charge in [-0.05, 0) is 59.8 Å². The fourth-order valence-electron chi connectivity index (χ4n) is 3.31. The minimum atomic E-state index is -4.13. The second-order valence-electron chi connectivity index (χ2n) is 7.70. The molecule has 4 rings (SSSR count). The van der Waals surface area contributed by atoms with E-state index in [1.807, 2.05) is 0 Å². The van der Waals surface area contributed by atoms with Crippen LogP contribution in [0.4, 0.5) is 19.3 Å². The maximum atomic E-state index is 13.8. The Balaban J connectivity index is 1.48. The molecule has 38 heavy (non-hydrogen) atoms. The Kier molecular flexibility index (Phi) is 7.78. The lowest BCUT2D eigenvalue weighted by molar-refractivity contribution is -0.127. The van der Waals surface area contributed by atoms with Crippen molar-refractivity contribution >= 4 is 50.7 Å². The van der Waals surface area contributed by atoms with Crippen molar-refractivity contribution in [3.8, 4) is 11.5 Å². The van der Waals surface area contributed by atoms with Gasteiger partial charge in [0, 0.05) is 6.07 Å². The van der Waals surface area contributed by atoms with Crippen LogP contribution in [0.15, 0.2) is 76.5 Å². The molecule has 3 aromatic rings. The lowest BCUT2D eigenvalue weighted by Gasteiger charge is -2.13. The van der Waals surface area contributed by atoms with E-state index in [4.69, 9.17) is 8.92 Å². The molecule has 0 spiro atoms. The Bertz CT molecular complexity index is 1560. The van der Waals surface area contributed by atoms with Crippen LogP contribution in [0.1, 0.15) is 5.56 Å². The molecule has 0 aliphatic carbocycles. The number of thioether (sulfide) groups is 1. The highest BCUT2D eigenvalue weighted by Gasteiger charge is 2.36. The van der Waals surface area contributed by atoms with Crippen LogP contribution in [0.2, 0.25) is 0 Å². The number of halogens is 2. The third-order valence-electron chi connectivity index (χ3n) is 5.10. The summed E-state index contributed by atoms with van der Waals surface area (Å²) in [6.45, 7) is -0.688. The molecule has 13 heteroatoms. The summed E-state index contributed by atoms with van der Waals surface area (Å²) in [5.41, 5.74) is 0.0808. The van der Waals surface area contributed by atoms with Crippen LogP contribution >= 0.6 is 11.8 Å². The molecule has 3 aromatic carbocycles. The molecule has 1 heterocycles. The Morgan fingerprint density at radius 3 is 2.45 bits per heavy atom. The van der Waals surface area contributed by atoms with Crippen molar-refractivity contribution in [2.45, 2.75) is 4.90 Å². The van der Waals surface area contributed by atoms with Gasteiger partial charge in [0.15, 0.2) is 11.5 Å². The summed E-state index contributed by atoms with van der Waals surface area (Å²) < 4.78 is 62.3. The zero-order valence-corrected chi connectivity index (χ0v) is 21.1. The highest BCUT2D eigenvalue weighted by Crippen LogP contribution is 2.35. The molecule has 0 atom stereocenters. The topological polar surface area (TPSA) is 119 Å². The maximum absolute atomic E-state index is 13.8. The first-order valence-corrected chi connectivity index (χ1v) is 13.0. The molecule has 1 N–H and O–H groups in total. The van der Waals surface area contributed by atoms with E-state index in [1.54, 1.807) is 18.2 Å². The average molecular weight is 561 g/mol. The van der Waals surface area contributed by atoms with Crippen molar-refractivity contribution in [1.82, 2.24) is 4.90 Å². The highest BCUT2D eigenvalue weighted by atomic mass is 32.2. The number of ether oxygens (including phenoxy) is 1. The normalized spacial score (nSPS) is 14.6. The van der Waals surface area contributed by atoms with E-state index in [0.29, 0.717) is 28.3 Å². The molecule has 0 bridgehead atoms. The van der Waals surface area contributed by atoms with Crippen LogP contribution in [0.5, 0.6) is 11.5 Å². The molecule has 1 aliphatic heterocycles. The van der Waals surface area contributed by atoms with Gasteiger partial charge < -0.3 is 14.2 Å². The highest BCUT2D eigenvalue weighted by molar-refractivity contribution is 8.18. The average Bonchev–Trinajstić information content (AvgIpc) is 3.14. The molecule has 0 unspecified atom stereocenters. The molecule has 0 radical (unpaired) electrons. The number of benzene rings is 3. The van der Waals surface area contributed by atoms with E-state index in [9.17, 15) is 31.6 Å². The first-order valence-electron chi connectivity index (χ1n) is 10.8. The maximum Gasteiger partial charge on any atom is 0.339 e. The number of carbonyl (C=O) groups is 3. The zero-order valence-electron chi connectivity index (χ0n) is 19.5. The summed E-state index contributed by atoms with van der Waals surface area (Å²) in [7, 11) is -2.83. The van der Waals surface area contributed by atoms with Crippen molar-refractivity contribution in [3.63, 3.8) is 0 Å². The summed E-state index contributed by atoms with van der Waals surface area (Å²) in [5, 5.41) is 1.46. The number of anilines is 1. The van der Waals surface area contributed by atoms with E-state index in [-0.39, 0.29) is 27.0 Å². The number of rotatable bonds is 8. The van der Waals surface area contributed by atoms with Crippen molar-refractivity contribution in [2.24, 2.45) is 0 Å². The van der Waals surface area contributed by atoms with E-state index < -0.39 is 45.4 Å². The molecule has 3 amide bonds. The van der Waals surface area contributed by atoms with E-state index in [0.717, 1.165) is 12.1 Å². The second-order valence-corrected chi connectivity index (χ2v) is 10.2. The van der Waals surface area contributed by atoms with Crippen molar-refractivity contribution in [2.75, 3.05) is 19.0 Å². The van der Waals surface area contributed by atoms with Gasteiger partial charge in [0.05, 0.1) is 17.7 Å². The zero-order chi connectivity index (χ0) is 27.4. The quantitative estimate of drug-likeness (QED) is 0.318. The molecule has 0 aromatic heterocycles. The smallest absolute Gasteiger partial charge is 0.339 e. The Morgan fingerprint density at radius 1 is 1.03 bits per heavy atom. The number of hydrogen-bond donors (Lipinski definition) is 1. The largest absolute Gasteiger partial charge is 0.493 e. The van der Waals surface area contributed by atoms with Crippen LogP contribution in [-0.4, -0.2) is 44.0 Å². The first kappa shape index (κ1) is 26.8. The summed E-state index contributed by atoms with van der Waals surface area (Å²) >= 11 is 0.582. The first-order chi connectivity index (χ1) is 18.1. The number of imide groups is 1. The predicted molar refractivity (Wildman–Crippen MR) is 135 cm³/mol. The van der Waals surface area contributed by atoms with Crippen LogP contribution in [-0.2, 0) is 19.7 Å². The van der Waals surface area contributed by atoms with Gasteiger partial charge in [0.25, 0.3) is 11.1 Å². The SMILES string of the molecule is COc1cc(/C=C2\SC(=O)N(CC(=O)Nc3ccc(F)cc3F)C2=O)ccc1OS(=O)(=O)c1ccccc1. The van der Waals surface area contributed by atoms with Crippen LogP contribution in [0.25, 0.3) is 6.08 Å². The van der Waals surface area contributed by atoms with Crippen molar-refractivity contribution in [3.05, 3.63) is 88.8 Å². The molecule has 0 saturated carbocycles. The number of hydrogen-bond acceptors (Lipinski definition) is 8. The third kappa shape index (κ3) is 6.01. The Labute approximate surface area is 220 Å². The van der Waals surface area contributed by atoms with Gasteiger partial charge in [-0.15, -0.1) is 0 Å². The molecule has 196 valence electrons. The minimum Gasteiger partial charge on any atom is -0.493 e. The number of carbonyl (C=O) groups excluding carboxylic acids is 3. The lowest BCUT2D eigenvalue weighted by Crippen LogP contribution is -2.36. The van der Waals surface area contributed by atoms with E-state index >= 15 is 0 Å². The van der Waals surface area contributed by atoms with Gasteiger partial charge in [0.2, 0.25) is 5.91 Å². The molecular weight excluding hydrogens is 542 g/mol. The van der Waals surface area contributed by atoms with Crippen LogP contribution in [0, 0.1) is 11.6 Å². The van der Waals surface area contributed by atoms with Gasteiger partial charge in [-0.3, -0.25) is 19.3 Å². The van der Waals surface area contributed by atoms with Gasteiger partial charge in [-0.1, -0.05) is 24.3 Å². The third-order valence-corrected chi connectivity index (χ3v) is 7.25. The number of nitrogens with one attached hydrogen (secondary N) is 1. The Morgan fingerprint density at radius 2 is 1.76 bits per heavy atom. The number of nitrogens with zero attached hydrogens (tertiary/aromatic N) is 1. The van der Waals surface area contributed by atoms with E-state index in [1.165, 1.54) is 43.5 Å². The standard InChI is InChI=1S/C25H18F2N2O7S2/c1-35-21-11-15(7-10-20(21)36-38(33,34)17-5-3-2-4-6-17)12-22-24(31)29(25(32)37-22)14-23(30)28-19-9-8-16(26)13-18(19)27/h2-13H,14H2,1H3,(H,28,30)/b22-12-. The summed E-state index contributed by atoms with van der Waals surface area (Å²) in [4.78, 5) is 38.0. The summed E-state index contributed by atoms with van der Waals surface area (Å²) in [6.07, 6.45) is 1.36. The van der Waals surface area contributed by atoms with Crippen molar-refractivity contribution < 1.29 is 40.5 Å².